The second-order valence-electron chi connectivity index (χ2n) is 8.39. The van der Waals surface area contributed by atoms with Crippen LogP contribution in [0.25, 0.3) is 0 Å². The minimum atomic E-state index is -1.43. The van der Waals surface area contributed by atoms with Gasteiger partial charge in [0.1, 0.15) is 17.5 Å². The van der Waals surface area contributed by atoms with Crippen molar-refractivity contribution in [1.29, 1.82) is 0 Å². The van der Waals surface area contributed by atoms with Gasteiger partial charge in [0.2, 0.25) is 0 Å². The first-order valence-electron chi connectivity index (χ1n) is 9.44. The van der Waals surface area contributed by atoms with Crippen molar-refractivity contribution in [3.8, 4) is 0 Å². The van der Waals surface area contributed by atoms with Crippen molar-refractivity contribution in [3.05, 3.63) is 23.9 Å². The van der Waals surface area contributed by atoms with E-state index in [4.69, 9.17) is 4.74 Å². The number of pyridine rings is 1. The summed E-state index contributed by atoms with van der Waals surface area (Å²) in [5.41, 5.74) is -1.46. The normalized spacial score (nSPS) is 19.9. The van der Waals surface area contributed by atoms with Crippen LogP contribution in [0.1, 0.15) is 53.5 Å². The summed E-state index contributed by atoms with van der Waals surface area (Å²) < 4.78 is 5.27. The first-order chi connectivity index (χ1) is 12.9. The molecule has 1 aromatic rings. The van der Waals surface area contributed by atoms with E-state index >= 15 is 0 Å². The van der Waals surface area contributed by atoms with E-state index in [1.54, 1.807) is 53.7 Å². The van der Waals surface area contributed by atoms with Gasteiger partial charge in [-0.25, -0.2) is 14.6 Å². The van der Waals surface area contributed by atoms with Crippen molar-refractivity contribution >= 4 is 23.8 Å². The fraction of sp³-hybridized carbons (Fsp3) is 0.600. The van der Waals surface area contributed by atoms with Crippen LogP contribution in [0.5, 0.6) is 0 Å². The highest BCUT2D eigenvalue weighted by atomic mass is 16.6. The smallest absolute Gasteiger partial charge is 0.408 e. The standard InChI is InChI=1S/C20H29N3O5/c1-7-20(17(25)26)11-13-9-8-10-21-15(13)23(20)16(24)14(12(2)3)22-18(27)28-19(4,5)6/h8-10,12,14H,7,11H2,1-6H3,(H,22,27)(H,25,26)/t14-,20+/m0/s1. The molecule has 1 aliphatic rings. The van der Waals surface area contributed by atoms with Crippen LogP contribution < -0.4 is 10.2 Å². The first kappa shape index (κ1) is 21.7. The molecular weight excluding hydrogens is 362 g/mol. The molecule has 0 saturated heterocycles. The van der Waals surface area contributed by atoms with Crippen LogP contribution in [0, 0.1) is 5.92 Å². The highest BCUT2D eigenvalue weighted by molar-refractivity contribution is 6.06. The maximum Gasteiger partial charge on any atom is 0.408 e. The lowest BCUT2D eigenvalue weighted by atomic mass is 9.90. The molecule has 2 amide bonds. The second-order valence-corrected chi connectivity index (χ2v) is 8.39. The number of hydrogen-bond donors (Lipinski definition) is 2. The van der Waals surface area contributed by atoms with Gasteiger partial charge in [0.25, 0.3) is 5.91 Å². The van der Waals surface area contributed by atoms with Gasteiger partial charge in [-0.2, -0.15) is 0 Å². The zero-order chi connectivity index (χ0) is 21.3. The van der Waals surface area contributed by atoms with E-state index in [1.165, 1.54) is 11.1 Å². The van der Waals surface area contributed by atoms with Crippen LogP contribution in [-0.4, -0.2) is 45.2 Å². The number of nitrogens with one attached hydrogen (secondary N) is 1. The molecule has 8 nitrogen and oxygen atoms in total. The number of aromatic nitrogens is 1. The van der Waals surface area contributed by atoms with Crippen molar-refractivity contribution in [2.45, 2.75) is 71.6 Å². The highest BCUT2D eigenvalue weighted by Crippen LogP contribution is 2.40. The quantitative estimate of drug-likeness (QED) is 0.799. The molecule has 1 aromatic heterocycles. The maximum atomic E-state index is 13.5. The Morgan fingerprint density at radius 1 is 1.36 bits per heavy atom. The van der Waals surface area contributed by atoms with Crippen LogP contribution in [0.3, 0.4) is 0 Å². The lowest BCUT2D eigenvalue weighted by Crippen LogP contribution is -2.61. The molecule has 0 fully saturated rings. The number of ether oxygens (including phenoxy) is 1. The van der Waals surface area contributed by atoms with Gasteiger partial charge in [-0.1, -0.05) is 26.8 Å². The zero-order valence-electron chi connectivity index (χ0n) is 17.3. The molecule has 2 heterocycles. The molecule has 8 heteroatoms. The second kappa shape index (κ2) is 7.77. The van der Waals surface area contributed by atoms with Crippen molar-refractivity contribution in [2.24, 2.45) is 5.92 Å². The van der Waals surface area contributed by atoms with Gasteiger partial charge in [-0.3, -0.25) is 9.69 Å². The van der Waals surface area contributed by atoms with Gasteiger partial charge in [-0.05, 0) is 44.7 Å². The Morgan fingerprint density at radius 2 is 2.00 bits per heavy atom. The highest BCUT2D eigenvalue weighted by Gasteiger charge is 2.54. The minimum Gasteiger partial charge on any atom is -0.479 e. The molecule has 0 aromatic carbocycles. The number of alkyl carbamates (subject to hydrolysis) is 1. The van der Waals surface area contributed by atoms with Crippen LogP contribution in [-0.2, 0) is 20.7 Å². The Hall–Kier alpha value is -2.64. The maximum absolute atomic E-state index is 13.5. The van der Waals surface area contributed by atoms with E-state index in [-0.39, 0.29) is 18.8 Å². The Labute approximate surface area is 165 Å². The summed E-state index contributed by atoms with van der Waals surface area (Å²) in [5, 5.41) is 12.6. The minimum absolute atomic E-state index is 0.172. The van der Waals surface area contributed by atoms with Crippen molar-refractivity contribution in [3.63, 3.8) is 0 Å². The van der Waals surface area contributed by atoms with Crippen molar-refractivity contribution in [2.75, 3.05) is 4.90 Å². The summed E-state index contributed by atoms with van der Waals surface area (Å²) in [4.78, 5) is 43.5. The van der Waals surface area contributed by atoms with Gasteiger partial charge in [0.15, 0.2) is 5.54 Å². The van der Waals surface area contributed by atoms with Gasteiger partial charge in [0.05, 0.1) is 0 Å². The molecule has 0 spiro atoms. The number of aliphatic carboxylic acids is 1. The number of hydrogen-bond acceptors (Lipinski definition) is 5. The van der Waals surface area contributed by atoms with Crippen LogP contribution >= 0.6 is 0 Å². The summed E-state index contributed by atoms with van der Waals surface area (Å²) in [6, 6.07) is 2.54. The van der Waals surface area contributed by atoms with E-state index < -0.39 is 35.2 Å². The van der Waals surface area contributed by atoms with E-state index in [1.807, 2.05) is 0 Å². The lowest BCUT2D eigenvalue weighted by molar-refractivity contribution is -0.145. The summed E-state index contributed by atoms with van der Waals surface area (Å²) in [7, 11) is 0. The Morgan fingerprint density at radius 3 is 2.50 bits per heavy atom. The first-order valence-corrected chi connectivity index (χ1v) is 9.44. The number of carboxylic acids is 1. The number of carboxylic acid groups (broad SMARTS) is 1. The summed E-state index contributed by atoms with van der Waals surface area (Å²) >= 11 is 0. The topological polar surface area (TPSA) is 109 Å². The molecule has 1 aliphatic heterocycles. The Balaban J connectivity index is 2.43. The molecule has 2 N–H and O–H groups in total. The summed E-state index contributed by atoms with van der Waals surface area (Å²) in [5.74, 6) is -1.56. The largest absolute Gasteiger partial charge is 0.479 e. The number of amides is 2. The monoisotopic (exact) mass is 391 g/mol. The number of carbonyl (C=O) groups excluding carboxylic acids is 2. The van der Waals surface area contributed by atoms with Crippen LogP contribution in [0.2, 0.25) is 0 Å². The van der Waals surface area contributed by atoms with Gasteiger partial charge >= 0.3 is 12.1 Å². The van der Waals surface area contributed by atoms with E-state index in [2.05, 4.69) is 10.3 Å². The van der Waals surface area contributed by atoms with Crippen molar-refractivity contribution < 1.29 is 24.2 Å². The SMILES string of the molecule is CC[C@]1(C(=O)O)Cc2cccnc2N1C(=O)[C@@H](NC(=O)OC(C)(C)C)C(C)C. The van der Waals surface area contributed by atoms with Crippen LogP contribution in [0.15, 0.2) is 18.3 Å². The molecule has 2 rings (SSSR count). The third-order valence-electron chi connectivity index (χ3n) is 4.80. The molecule has 0 saturated carbocycles. The molecule has 0 aliphatic carbocycles. The van der Waals surface area contributed by atoms with Gasteiger partial charge < -0.3 is 15.2 Å². The van der Waals surface area contributed by atoms with E-state index in [0.29, 0.717) is 11.4 Å². The number of rotatable bonds is 5. The van der Waals surface area contributed by atoms with E-state index in [0.717, 1.165) is 0 Å². The molecule has 2 atom stereocenters. The average molecular weight is 391 g/mol. The number of nitrogens with zero attached hydrogens (tertiary/aromatic N) is 2. The fourth-order valence-corrected chi connectivity index (χ4v) is 3.37. The molecular formula is C20H29N3O5. The molecule has 28 heavy (non-hydrogen) atoms. The summed E-state index contributed by atoms with van der Waals surface area (Å²) in [6.07, 6.45) is 1.18. The third-order valence-corrected chi connectivity index (χ3v) is 4.80. The summed E-state index contributed by atoms with van der Waals surface area (Å²) in [6.45, 7) is 10.5. The zero-order valence-corrected chi connectivity index (χ0v) is 17.3. The predicted octanol–water partition coefficient (Wildman–Crippen LogP) is 2.75. The third kappa shape index (κ3) is 4.10. The number of fused-ring (bicyclic) bond motifs is 1. The fourth-order valence-electron chi connectivity index (χ4n) is 3.37. The van der Waals surface area contributed by atoms with Gasteiger partial charge in [-0.15, -0.1) is 0 Å². The molecule has 0 radical (unpaired) electrons. The van der Waals surface area contributed by atoms with E-state index in [9.17, 15) is 19.5 Å². The average Bonchev–Trinajstić information content (AvgIpc) is 2.93. The molecule has 154 valence electrons. The van der Waals surface area contributed by atoms with Gasteiger partial charge in [0, 0.05) is 12.6 Å². The molecule has 0 unspecified atom stereocenters. The molecule has 0 bridgehead atoms. The number of anilines is 1. The Bertz CT molecular complexity index is 771. The van der Waals surface area contributed by atoms with Crippen LogP contribution in [0.4, 0.5) is 10.6 Å². The predicted molar refractivity (Wildman–Crippen MR) is 104 cm³/mol. The Kier molecular flexibility index (Phi) is 6.01. The number of carbonyl (C=O) groups is 3. The van der Waals surface area contributed by atoms with Crippen molar-refractivity contribution in [1.82, 2.24) is 10.3 Å². The lowest BCUT2D eigenvalue weighted by Gasteiger charge is -2.37.